The number of carbonyl (C=O) groups excluding carboxylic acids is 1. The lowest BCUT2D eigenvalue weighted by atomic mass is 10.1. The lowest BCUT2D eigenvalue weighted by molar-refractivity contribution is -0.141. The number of benzene rings is 1. The normalized spacial score (nSPS) is 15.6. The molecule has 9 heteroatoms. The standard InChI is InChI=1S/C19H22ClF3N4O/c20-15-7-3-2-6-14(15)13-27(11-10-26-8-4-1-5-9-26)18(28)16-12-17(25-24-16)19(21,22)23/h2-3,6-7,12H,1,4-5,8-11,13H2,(H,24,25). The van der Waals surface area contributed by atoms with Gasteiger partial charge in [-0.25, -0.2) is 0 Å². The summed E-state index contributed by atoms with van der Waals surface area (Å²) in [6.07, 6.45) is -1.14. The van der Waals surface area contributed by atoms with Crippen LogP contribution in [0.15, 0.2) is 30.3 Å². The van der Waals surface area contributed by atoms with Crippen molar-refractivity contribution in [2.75, 3.05) is 26.2 Å². The molecule has 2 heterocycles. The van der Waals surface area contributed by atoms with Crippen LogP contribution in [-0.2, 0) is 12.7 Å². The van der Waals surface area contributed by atoms with Gasteiger partial charge in [0.05, 0.1) is 0 Å². The molecule has 1 aromatic heterocycles. The van der Waals surface area contributed by atoms with E-state index >= 15 is 0 Å². The number of nitrogens with one attached hydrogen (secondary N) is 1. The second-order valence-corrected chi connectivity index (χ2v) is 7.29. The molecule has 0 atom stereocenters. The maximum absolute atomic E-state index is 12.9. The highest BCUT2D eigenvalue weighted by molar-refractivity contribution is 6.31. The van der Waals surface area contributed by atoms with Crippen molar-refractivity contribution in [3.8, 4) is 0 Å². The van der Waals surface area contributed by atoms with Gasteiger partial charge < -0.3 is 9.80 Å². The zero-order chi connectivity index (χ0) is 20.1. The average molecular weight is 415 g/mol. The van der Waals surface area contributed by atoms with Gasteiger partial charge in [0.2, 0.25) is 0 Å². The van der Waals surface area contributed by atoms with Crippen molar-refractivity contribution in [1.82, 2.24) is 20.0 Å². The summed E-state index contributed by atoms with van der Waals surface area (Å²) in [5.74, 6) is -0.552. The average Bonchev–Trinajstić information content (AvgIpc) is 3.17. The van der Waals surface area contributed by atoms with E-state index in [9.17, 15) is 18.0 Å². The molecule has 1 saturated heterocycles. The van der Waals surface area contributed by atoms with E-state index in [0.717, 1.165) is 37.6 Å². The van der Waals surface area contributed by atoms with Gasteiger partial charge in [-0.05, 0) is 37.6 Å². The Hall–Kier alpha value is -2.06. The van der Waals surface area contributed by atoms with Crippen LogP contribution in [0.5, 0.6) is 0 Å². The summed E-state index contributed by atoms with van der Waals surface area (Å²) in [5, 5.41) is 5.99. The molecule has 1 amide bonds. The fourth-order valence-electron chi connectivity index (χ4n) is 3.27. The lowest BCUT2D eigenvalue weighted by Crippen LogP contribution is -2.40. The molecule has 5 nitrogen and oxygen atoms in total. The Labute approximate surface area is 166 Å². The summed E-state index contributed by atoms with van der Waals surface area (Å²) in [7, 11) is 0. The van der Waals surface area contributed by atoms with Crippen molar-refractivity contribution >= 4 is 17.5 Å². The molecule has 0 bridgehead atoms. The van der Waals surface area contributed by atoms with Gasteiger partial charge in [0, 0.05) is 30.7 Å². The first-order valence-corrected chi connectivity index (χ1v) is 9.60. The zero-order valence-corrected chi connectivity index (χ0v) is 16.1. The topological polar surface area (TPSA) is 52.2 Å². The maximum Gasteiger partial charge on any atom is 0.432 e. The Morgan fingerprint density at radius 1 is 1.21 bits per heavy atom. The highest BCUT2D eigenvalue weighted by atomic mass is 35.5. The van der Waals surface area contributed by atoms with E-state index in [2.05, 4.69) is 10.00 Å². The van der Waals surface area contributed by atoms with Crippen LogP contribution in [0.25, 0.3) is 0 Å². The van der Waals surface area contributed by atoms with Crippen molar-refractivity contribution in [3.05, 3.63) is 52.3 Å². The highest BCUT2D eigenvalue weighted by Crippen LogP contribution is 2.28. The number of H-pyrrole nitrogens is 1. The summed E-state index contributed by atoms with van der Waals surface area (Å²) in [5.41, 5.74) is -0.551. The van der Waals surface area contributed by atoms with Crippen LogP contribution in [0.2, 0.25) is 5.02 Å². The second-order valence-electron chi connectivity index (χ2n) is 6.89. The molecule has 1 aliphatic rings. The van der Waals surface area contributed by atoms with E-state index in [4.69, 9.17) is 11.6 Å². The van der Waals surface area contributed by atoms with Crippen LogP contribution in [-0.4, -0.2) is 52.1 Å². The molecular weight excluding hydrogens is 393 g/mol. The minimum atomic E-state index is -4.58. The Morgan fingerprint density at radius 2 is 1.93 bits per heavy atom. The molecule has 1 N–H and O–H groups in total. The van der Waals surface area contributed by atoms with Crippen LogP contribution in [0.3, 0.4) is 0 Å². The maximum atomic E-state index is 12.9. The number of carbonyl (C=O) groups is 1. The summed E-state index contributed by atoms with van der Waals surface area (Å²) in [4.78, 5) is 16.7. The minimum Gasteiger partial charge on any atom is -0.332 e. The number of aromatic amines is 1. The number of nitrogens with zero attached hydrogens (tertiary/aromatic N) is 3. The minimum absolute atomic E-state index is 0.209. The van der Waals surface area contributed by atoms with Gasteiger partial charge >= 0.3 is 6.18 Å². The van der Waals surface area contributed by atoms with E-state index in [0.29, 0.717) is 18.1 Å². The molecule has 0 spiro atoms. The summed E-state index contributed by atoms with van der Waals surface area (Å²) >= 11 is 6.21. The number of likely N-dealkylation sites (tertiary alicyclic amines) is 1. The monoisotopic (exact) mass is 414 g/mol. The predicted octanol–water partition coefficient (Wildman–Crippen LogP) is 4.21. The van der Waals surface area contributed by atoms with Crippen molar-refractivity contribution < 1.29 is 18.0 Å². The molecule has 0 radical (unpaired) electrons. The van der Waals surface area contributed by atoms with Gasteiger partial charge in [0.25, 0.3) is 5.91 Å². The molecule has 28 heavy (non-hydrogen) atoms. The number of alkyl halides is 3. The molecule has 0 unspecified atom stereocenters. The summed E-state index contributed by atoms with van der Waals surface area (Å²) in [6, 6.07) is 7.87. The van der Waals surface area contributed by atoms with Crippen LogP contribution in [0, 0.1) is 0 Å². The van der Waals surface area contributed by atoms with Crippen molar-refractivity contribution in [2.45, 2.75) is 32.0 Å². The smallest absolute Gasteiger partial charge is 0.332 e. The quantitative estimate of drug-likeness (QED) is 0.770. The van der Waals surface area contributed by atoms with Crippen LogP contribution in [0.4, 0.5) is 13.2 Å². The van der Waals surface area contributed by atoms with Crippen molar-refractivity contribution in [3.63, 3.8) is 0 Å². The van der Waals surface area contributed by atoms with Gasteiger partial charge in [-0.15, -0.1) is 0 Å². The van der Waals surface area contributed by atoms with E-state index < -0.39 is 17.8 Å². The SMILES string of the molecule is O=C(c1cc(C(F)(F)F)[nH]n1)N(CCN1CCCCC1)Cc1ccccc1Cl. The molecular formula is C19H22ClF3N4O. The third kappa shape index (κ3) is 5.26. The fraction of sp³-hybridized carbons (Fsp3) is 0.474. The fourth-order valence-corrected chi connectivity index (χ4v) is 3.46. The van der Waals surface area contributed by atoms with Crippen LogP contribution < -0.4 is 0 Å². The molecule has 1 aliphatic heterocycles. The first-order valence-electron chi connectivity index (χ1n) is 9.22. The van der Waals surface area contributed by atoms with E-state index in [1.54, 1.807) is 18.2 Å². The summed E-state index contributed by atoms with van der Waals surface area (Å²) < 4.78 is 38.5. The Morgan fingerprint density at radius 3 is 2.57 bits per heavy atom. The third-order valence-electron chi connectivity index (χ3n) is 4.84. The van der Waals surface area contributed by atoms with Gasteiger partial charge in [0.1, 0.15) is 5.69 Å². The molecule has 2 aromatic rings. The number of hydrogen-bond acceptors (Lipinski definition) is 3. The molecule has 0 aliphatic carbocycles. The Balaban J connectivity index is 1.76. The number of piperidine rings is 1. The number of aromatic nitrogens is 2. The van der Waals surface area contributed by atoms with Crippen LogP contribution >= 0.6 is 11.6 Å². The largest absolute Gasteiger partial charge is 0.432 e. The van der Waals surface area contributed by atoms with E-state index in [1.165, 1.54) is 11.3 Å². The number of hydrogen-bond donors (Lipinski definition) is 1. The first kappa shape index (κ1) is 20.7. The molecule has 152 valence electrons. The van der Waals surface area contributed by atoms with E-state index in [1.807, 2.05) is 11.2 Å². The Kier molecular flexibility index (Phi) is 6.61. The lowest BCUT2D eigenvalue weighted by Gasteiger charge is -2.30. The van der Waals surface area contributed by atoms with Crippen molar-refractivity contribution in [1.29, 1.82) is 0 Å². The molecule has 1 aromatic carbocycles. The number of rotatable bonds is 6. The highest BCUT2D eigenvalue weighted by Gasteiger charge is 2.34. The molecule has 1 fully saturated rings. The van der Waals surface area contributed by atoms with Gasteiger partial charge in [-0.2, -0.15) is 18.3 Å². The number of halogens is 4. The third-order valence-corrected chi connectivity index (χ3v) is 5.21. The zero-order valence-electron chi connectivity index (χ0n) is 15.3. The van der Waals surface area contributed by atoms with E-state index in [-0.39, 0.29) is 12.2 Å². The molecule has 3 rings (SSSR count). The predicted molar refractivity (Wildman–Crippen MR) is 100 cm³/mol. The van der Waals surface area contributed by atoms with Crippen molar-refractivity contribution in [2.24, 2.45) is 0 Å². The van der Waals surface area contributed by atoms with Gasteiger partial charge in [0.15, 0.2) is 5.69 Å². The second kappa shape index (κ2) is 8.96. The van der Waals surface area contributed by atoms with Gasteiger partial charge in [-0.3, -0.25) is 9.89 Å². The number of amides is 1. The summed E-state index contributed by atoms with van der Waals surface area (Å²) in [6.45, 7) is 3.19. The van der Waals surface area contributed by atoms with Gasteiger partial charge in [-0.1, -0.05) is 36.2 Å². The Bertz CT molecular complexity index is 802. The van der Waals surface area contributed by atoms with Crippen LogP contribution in [0.1, 0.15) is 41.0 Å². The first-order chi connectivity index (χ1) is 13.3. The molecule has 0 saturated carbocycles.